The van der Waals surface area contributed by atoms with Crippen molar-refractivity contribution in [2.75, 3.05) is 32.7 Å². The van der Waals surface area contributed by atoms with Gasteiger partial charge in [-0.15, -0.1) is 0 Å². The predicted molar refractivity (Wildman–Crippen MR) is 78.7 cm³/mol. The molecular formula is C14H28N4O2. The van der Waals surface area contributed by atoms with Gasteiger partial charge in [-0.25, -0.2) is 5.84 Å². The van der Waals surface area contributed by atoms with Crippen LogP contribution in [0, 0.1) is 5.92 Å². The Bertz CT molecular complexity index is 308. The number of carbonyl (C=O) groups is 2. The van der Waals surface area contributed by atoms with Crippen molar-refractivity contribution in [2.45, 2.75) is 39.5 Å². The molecule has 1 heterocycles. The third kappa shape index (κ3) is 5.09. The van der Waals surface area contributed by atoms with Gasteiger partial charge in [-0.05, 0) is 38.8 Å². The fourth-order valence-electron chi connectivity index (χ4n) is 2.70. The van der Waals surface area contributed by atoms with Crippen LogP contribution in [-0.4, -0.2) is 54.3 Å². The van der Waals surface area contributed by atoms with Crippen LogP contribution in [0.5, 0.6) is 0 Å². The first kappa shape index (κ1) is 16.9. The summed E-state index contributed by atoms with van der Waals surface area (Å²) >= 11 is 0. The molecule has 1 aliphatic rings. The summed E-state index contributed by atoms with van der Waals surface area (Å²) in [7, 11) is 0. The molecule has 0 aromatic heterocycles. The molecule has 116 valence electrons. The maximum absolute atomic E-state index is 12.3. The first-order valence-electron chi connectivity index (χ1n) is 7.62. The van der Waals surface area contributed by atoms with Crippen LogP contribution < -0.4 is 11.3 Å². The maximum atomic E-state index is 12.3. The normalized spacial score (nSPS) is 16.5. The zero-order valence-corrected chi connectivity index (χ0v) is 12.7. The summed E-state index contributed by atoms with van der Waals surface area (Å²) in [4.78, 5) is 27.8. The number of hydrogen-bond donors (Lipinski definition) is 2. The standard InChI is InChI=1S/C14H28N4O2/c1-3-7-17(8-4-2)11-13(19)18-9-5-12(6-10-18)14(20)16-15/h12H,3-11,15H2,1-2H3,(H,16,20). The van der Waals surface area contributed by atoms with Crippen molar-refractivity contribution < 1.29 is 9.59 Å². The van der Waals surface area contributed by atoms with E-state index >= 15 is 0 Å². The number of nitrogens with two attached hydrogens (primary N) is 1. The fraction of sp³-hybridized carbons (Fsp3) is 0.857. The molecule has 0 aliphatic carbocycles. The Labute approximate surface area is 121 Å². The summed E-state index contributed by atoms with van der Waals surface area (Å²) in [6.45, 7) is 7.99. The lowest BCUT2D eigenvalue weighted by atomic mass is 9.96. The van der Waals surface area contributed by atoms with Gasteiger partial charge in [0.2, 0.25) is 11.8 Å². The number of rotatable bonds is 7. The van der Waals surface area contributed by atoms with E-state index in [0.29, 0.717) is 32.5 Å². The summed E-state index contributed by atoms with van der Waals surface area (Å²) in [5, 5.41) is 0. The lowest BCUT2D eigenvalue weighted by Crippen LogP contribution is -2.47. The van der Waals surface area contributed by atoms with Gasteiger partial charge in [0.1, 0.15) is 0 Å². The summed E-state index contributed by atoms with van der Waals surface area (Å²) in [5.41, 5.74) is 2.19. The summed E-state index contributed by atoms with van der Waals surface area (Å²) in [6.07, 6.45) is 3.53. The minimum absolute atomic E-state index is 0.0496. The molecule has 0 aromatic rings. The molecule has 1 rings (SSSR count). The first-order chi connectivity index (χ1) is 9.62. The topological polar surface area (TPSA) is 78.7 Å². The highest BCUT2D eigenvalue weighted by molar-refractivity contribution is 5.80. The highest BCUT2D eigenvalue weighted by atomic mass is 16.2. The van der Waals surface area contributed by atoms with E-state index in [1.165, 1.54) is 0 Å². The smallest absolute Gasteiger partial charge is 0.237 e. The van der Waals surface area contributed by atoms with Gasteiger partial charge in [-0.2, -0.15) is 0 Å². The number of nitrogens with zero attached hydrogens (tertiary/aromatic N) is 2. The van der Waals surface area contributed by atoms with Gasteiger partial charge in [-0.3, -0.25) is 19.9 Å². The van der Waals surface area contributed by atoms with E-state index in [1.54, 1.807) is 0 Å². The maximum Gasteiger partial charge on any atom is 0.237 e. The molecule has 1 fully saturated rings. The third-order valence-corrected chi connectivity index (χ3v) is 3.80. The molecule has 0 radical (unpaired) electrons. The van der Waals surface area contributed by atoms with Crippen molar-refractivity contribution in [2.24, 2.45) is 11.8 Å². The van der Waals surface area contributed by atoms with Crippen molar-refractivity contribution >= 4 is 11.8 Å². The number of carbonyl (C=O) groups excluding carboxylic acids is 2. The molecule has 0 saturated carbocycles. The molecule has 0 aromatic carbocycles. The second-order valence-electron chi connectivity index (χ2n) is 5.44. The van der Waals surface area contributed by atoms with E-state index in [4.69, 9.17) is 5.84 Å². The van der Waals surface area contributed by atoms with E-state index in [2.05, 4.69) is 24.2 Å². The number of hydrogen-bond acceptors (Lipinski definition) is 4. The van der Waals surface area contributed by atoms with Gasteiger partial charge in [0, 0.05) is 19.0 Å². The highest BCUT2D eigenvalue weighted by Crippen LogP contribution is 2.17. The number of hydrazine groups is 1. The van der Waals surface area contributed by atoms with E-state index < -0.39 is 0 Å². The third-order valence-electron chi connectivity index (χ3n) is 3.80. The molecule has 6 heteroatoms. The van der Waals surface area contributed by atoms with Crippen molar-refractivity contribution in [3.63, 3.8) is 0 Å². The van der Waals surface area contributed by atoms with E-state index in [9.17, 15) is 9.59 Å². The van der Waals surface area contributed by atoms with Crippen LogP contribution in [0.25, 0.3) is 0 Å². The largest absolute Gasteiger partial charge is 0.342 e. The second-order valence-corrected chi connectivity index (χ2v) is 5.44. The molecule has 1 saturated heterocycles. The highest BCUT2D eigenvalue weighted by Gasteiger charge is 2.27. The average Bonchev–Trinajstić information content (AvgIpc) is 2.47. The monoisotopic (exact) mass is 284 g/mol. The number of nitrogens with one attached hydrogen (secondary N) is 1. The second kappa shape index (κ2) is 8.92. The van der Waals surface area contributed by atoms with E-state index in [-0.39, 0.29) is 17.7 Å². The fourth-order valence-corrected chi connectivity index (χ4v) is 2.70. The zero-order valence-electron chi connectivity index (χ0n) is 12.7. The lowest BCUT2D eigenvalue weighted by molar-refractivity contribution is -0.136. The van der Waals surface area contributed by atoms with Crippen molar-refractivity contribution in [1.82, 2.24) is 15.2 Å². The van der Waals surface area contributed by atoms with Crippen LogP contribution in [0.2, 0.25) is 0 Å². The molecule has 20 heavy (non-hydrogen) atoms. The molecule has 0 atom stereocenters. The minimum atomic E-state index is -0.115. The number of piperidine rings is 1. The first-order valence-corrected chi connectivity index (χ1v) is 7.62. The molecule has 0 bridgehead atoms. The van der Waals surface area contributed by atoms with Gasteiger partial charge in [-0.1, -0.05) is 13.8 Å². The van der Waals surface area contributed by atoms with Crippen molar-refractivity contribution in [3.8, 4) is 0 Å². The van der Waals surface area contributed by atoms with Crippen LogP contribution in [0.4, 0.5) is 0 Å². The van der Waals surface area contributed by atoms with Gasteiger partial charge in [0.15, 0.2) is 0 Å². The summed E-state index contributed by atoms with van der Waals surface area (Å²) in [6, 6.07) is 0. The quantitative estimate of drug-likeness (QED) is 0.401. The zero-order chi connectivity index (χ0) is 15.0. The Morgan fingerprint density at radius 2 is 1.75 bits per heavy atom. The molecule has 0 unspecified atom stereocenters. The molecule has 2 amide bonds. The average molecular weight is 284 g/mol. The van der Waals surface area contributed by atoms with Crippen LogP contribution in [0.3, 0.4) is 0 Å². The Morgan fingerprint density at radius 3 is 2.20 bits per heavy atom. The van der Waals surface area contributed by atoms with Crippen molar-refractivity contribution in [1.29, 1.82) is 0 Å². The van der Waals surface area contributed by atoms with Crippen LogP contribution in [-0.2, 0) is 9.59 Å². The minimum Gasteiger partial charge on any atom is -0.342 e. The summed E-state index contributed by atoms with van der Waals surface area (Å²) < 4.78 is 0. The summed E-state index contributed by atoms with van der Waals surface area (Å²) in [5.74, 6) is 5.16. The van der Waals surface area contributed by atoms with Gasteiger partial charge >= 0.3 is 0 Å². The molecular weight excluding hydrogens is 256 g/mol. The van der Waals surface area contributed by atoms with Gasteiger partial charge < -0.3 is 4.90 Å². The van der Waals surface area contributed by atoms with Crippen LogP contribution in [0.1, 0.15) is 39.5 Å². The lowest BCUT2D eigenvalue weighted by Gasteiger charge is -2.32. The predicted octanol–water partition coefficient (Wildman–Crippen LogP) is 0.337. The van der Waals surface area contributed by atoms with Crippen molar-refractivity contribution in [3.05, 3.63) is 0 Å². The van der Waals surface area contributed by atoms with E-state index in [0.717, 1.165) is 25.9 Å². The molecule has 6 nitrogen and oxygen atoms in total. The Kier molecular flexibility index (Phi) is 7.54. The van der Waals surface area contributed by atoms with Crippen LogP contribution in [0.15, 0.2) is 0 Å². The van der Waals surface area contributed by atoms with E-state index in [1.807, 2.05) is 4.90 Å². The Balaban J connectivity index is 2.39. The SMILES string of the molecule is CCCN(CCC)CC(=O)N1CCC(C(=O)NN)CC1. The Morgan fingerprint density at radius 1 is 1.20 bits per heavy atom. The van der Waals surface area contributed by atoms with Gasteiger partial charge in [0.05, 0.1) is 6.54 Å². The van der Waals surface area contributed by atoms with Gasteiger partial charge in [0.25, 0.3) is 0 Å². The number of likely N-dealkylation sites (tertiary alicyclic amines) is 1. The van der Waals surface area contributed by atoms with Crippen LogP contribution >= 0.6 is 0 Å². The Hall–Kier alpha value is -1.14. The molecule has 0 spiro atoms. The number of amides is 2. The molecule has 1 aliphatic heterocycles. The molecule has 3 N–H and O–H groups in total.